The molecule has 0 saturated carbocycles. The SMILES string of the molecule is Cc1cc(CNC(=O)c2cc3c(-c4ccc5c(c4Cl)NCCO5)c(C(OC(C)(C)C)C(=O)O)c(C)cn3n2)ccc1F. The number of carboxylic acids is 1. The van der Waals surface area contributed by atoms with Crippen molar-refractivity contribution in [1.82, 2.24) is 14.9 Å². The van der Waals surface area contributed by atoms with E-state index in [2.05, 4.69) is 15.7 Å². The Kier molecular flexibility index (Phi) is 7.87. The second-order valence-corrected chi connectivity index (χ2v) is 11.6. The third-order valence-electron chi connectivity index (χ3n) is 6.90. The largest absolute Gasteiger partial charge is 0.490 e. The van der Waals surface area contributed by atoms with E-state index in [1.807, 2.05) is 0 Å². The number of nitrogens with zero attached hydrogens (tertiary/aromatic N) is 2. The van der Waals surface area contributed by atoms with Crippen LogP contribution in [0.3, 0.4) is 0 Å². The van der Waals surface area contributed by atoms with Crippen LogP contribution in [0.2, 0.25) is 5.02 Å². The van der Waals surface area contributed by atoms with E-state index in [1.54, 1.807) is 75.7 Å². The number of carbonyl (C=O) groups is 2. The average molecular weight is 595 g/mol. The number of carboxylic acid groups (broad SMARTS) is 1. The van der Waals surface area contributed by atoms with Crippen molar-refractivity contribution in [2.24, 2.45) is 0 Å². The summed E-state index contributed by atoms with van der Waals surface area (Å²) in [4.78, 5) is 25.9. The lowest BCUT2D eigenvalue weighted by atomic mass is 9.91. The molecule has 1 aliphatic rings. The Balaban J connectivity index is 1.66. The minimum atomic E-state index is -1.34. The number of aromatic nitrogens is 2. The number of hydrogen-bond acceptors (Lipinski definition) is 6. The van der Waals surface area contributed by atoms with Crippen molar-refractivity contribution in [2.75, 3.05) is 18.5 Å². The number of fused-ring (bicyclic) bond motifs is 2. The first-order valence-corrected chi connectivity index (χ1v) is 13.9. The van der Waals surface area contributed by atoms with Gasteiger partial charge in [-0.3, -0.25) is 4.79 Å². The molecule has 1 aliphatic heterocycles. The summed E-state index contributed by atoms with van der Waals surface area (Å²) in [6.45, 7) is 10.0. The van der Waals surface area contributed by atoms with Crippen LogP contribution in [-0.4, -0.2) is 45.3 Å². The maximum atomic E-state index is 13.7. The molecule has 0 saturated heterocycles. The van der Waals surface area contributed by atoms with E-state index in [1.165, 1.54) is 6.07 Å². The summed E-state index contributed by atoms with van der Waals surface area (Å²) in [5.74, 6) is -1.34. The van der Waals surface area contributed by atoms with Gasteiger partial charge in [-0.15, -0.1) is 0 Å². The molecule has 220 valence electrons. The van der Waals surface area contributed by atoms with Crippen molar-refractivity contribution in [3.63, 3.8) is 0 Å². The van der Waals surface area contributed by atoms with Crippen molar-refractivity contribution in [3.8, 4) is 16.9 Å². The zero-order valence-corrected chi connectivity index (χ0v) is 24.7. The summed E-state index contributed by atoms with van der Waals surface area (Å²) >= 11 is 6.95. The molecular weight excluding hydrogens is 563 g/mol. The molecule has 1 atom stereocenters. The van der Waals surface area contributed by atoms with Crippen molar-refractivity contribution in [1.29, 1.82) is 0 Å². The zero-order chi connectivity index (χ0) is 30.3. The molecule has 0 bridgehead atoms. The van der Waals surface area contributed by atoms with Crippen LogP contribution in [0.5, 0.6) is 5.75 Å². The number of anilines is 1. The quantitative estimate of drug-likeness (QED) is 0.237. The number of halogens is 2. The van der Waals surface area contributed by atoms with Crippen molar-refractivity contribution in [2.45, 2.75) is 52.9 Å². The van der Waals surface area contributed by atoms with E-state index < -0.39 is 23.6 Å². The maximum absolute atomic E-state index is 13.7. The van der Waals surface area contributed by atoms with Crippen LogP contribution in [0.1, 0.15) is 59.6 Å². The van der Waals surface area contributed by atoms with Crippen LogP contribution in [-0.2, 0) is 16.1 Å². The fourth-order valence-corrected chi connectivity index (χ4v) is 5.37. The number of ether oxygens (including phenoxy) is 2. The van der Waals surface area contributed by atoms with E-state index in [9.17, 15) is 19.1 Å². The van der Waals surface area contributed by atoms with Crippen molar-refractivity contribution >= 4 is 34.7 Å². The molecule has 9 nitrogen and oxygen atoms in total. The molecule has 0 spiro atoms. The van der Waals surface area contributed by atoms with Crippen LogP contribution in [0.15, 0.2) is 42.6 Å². The van der Waals surface area contributed by atoms with E-state index in [4.69, 9.17) is 21.1 Å². The van der Waals surface area contributed by atoms with Crippen LogP contribution < -0.4 is 15.4 Å². The summed E-state index contributed by atoms with van der Waals surface area (Å²) < 4.78 is 27.0. The highest BCUT2D eigenvalue weighted by Crippen LogP contribution is 2.46. The number of aliphatic carboxylic acids is 1. The fourth-order valence-electron chi connectivity index (χ4n) is 5.05. The number of nitrogens with one attached hydrogen (secondary N) is 2. The van der Waals surface area contributed by atoms with Crippen LogP contribution >= 0.6 is 11.6 Å². The predicted octanol–water partition coefficient (Wildman–Crippen LogP) is 6.09. The predicted molar refractivity (Wildman–Crippen MR) is 158 cm³/mol. The van der Waals surface area contributed by atoms with Gasteiger partial charge in [0.1, 0.15) is 18.2 Å². The van der Waals surface area contributed by atoms with Gasteiger partial charge in [0.25, 0.3) is 5.91 Å². The number of amides is 1. The van der Waals surface area contributed by atoms with Gasteiger partial charge in [-0.2, -0.15) is 5.10 Å². The standard InChI is InChI=1S/C31H32ClFN4O5/c1-16-12-18(6-8-20(16)33)14-35-29(38)21-13-22-25(19-7-9-23-27(26(19)32)34-10-11-41-23)24(17(2)15-37(22)36-21)28(30(39)40)42-31(3,4)5/h6-9,12-13,15,28,34H,10-11,14H2,1-5H3,(H,35,38)(H,39,40). The monoisotopic (exact) mass is 594 g/mol. The molecule has 5 rings (SSSR count). The number of pyridine rings is 1. The number of carbonyl (C=O) groups excluding carboxylic acids is 1. The van der Waals surface area contributed by atoms with E-state index in [0.29, 0.717) is 62.9 Å². The smallest absolute Gasteiger partial charge is 0.337 e. The van der Waals surface area contributed by atoms with E-state index in [-0.39, 0.29) is 18.1 Å². The Morgan fingerprint density at radius 2 is 1.98 bits per heavy atom. The Morgan fingerprint density at radius 3 is 2.67 bits per heavy atom. The molecular formula is C31H32ClFN4O5. The third kappa shape index (κ3) is 5.77. The average Bonchev–Trinajstić information content (AvgIpc) is 3.35. The topological polar surface area (TPSA) is 114 Å². The van der Waals surface area contributed by atoms with Gasteiger partial charge < -0.3 is 25.2 Å². The molecule has 42 heavy (non-hydrogen) atoms. The molecule has 0 aliphatic carbocycles. The number of rotatable bonds is 7. The lowest BCUT2D eigenvalue weighted by Crippen LogP contribution is -2.28. The summed E-state index contributed by atoms with van der Waals surface area (Å²) in [6, 6.07) is 9.78. The van der Waals surface area contributed by atoms with Gasteiger partial charge in [0, 0.05) is 36.0 Å². The minimum absolute atomic E-state index is 0.116. The summed E-state index contributed by atoms with van der Waals surface area (Å²) in [5.41, 5.74) is 3.63. The normalized spacial score (nSPS) is 13.7. The number of aryl methyl sites for hydroxylation is 2. The number of benzene rings is 2. The van der Waals surface area contributed by atoms with Gasteiger partial charge in [0.05, 0.1) is 21.8 Å². The van der Waals surface area contributed by atoms with Gasteiger partial charge in [-0.05, 0) is 75.6 Å². The first-order chi connectivity index (χ1) is 19.8. The second-order valence-electron chi connectivity index (χ2n) is 11.3. The highest BCUT2D eigenvalue weighted by atomic mass is 35.5. The van der Waals surface area contributed by atoms with Crippen molar-refractivity contribution in [3.05, 3.63) is 81.4 Å². The van der Waals surface area contributed by atoms with Gasteiger partial charge in [-0.25, -0.2) is 13.7 Å². The zero-order valence-electron chi connectivity index (χ0n) is 24.0. The maximum Gasteiger partial charge on any atom is 0.337 e. The Hall–Kier alpha value is -4.15. The fraction of sp³-hybridized carbons (Fsp3) is 0.323. The summed E-state index contributed by atoms with van der Waals surface area (Å²) in [7, 11) is 0. The first kappa shape index (κ1) is 29.3. The van der Waals surface area contributed by atoms with Crippen molar-refractivity contribution < 1.29 is 28.6 Å². The Morgan fingerprint density at radius 1 is 1.21 bits per heavy atom. The minimum Gasteiger partial charge on any atom is -0.490 e. The van der Waals surface area contributed by atoms with Gasteiger partial charge in [0.2, 0.25) is 0 Å². The van der Waals surface area contributed by atoms with Gasteiger partial charge >= 0.3 is 5.97 Å². The van der Waals surface area contributed by atoms with Gasteiger partial charge in [-0.1, -0.05) is 23.7 Å². The summed E-state index contributed by atoms with van der Waals surface area (Å²) in [5, 5.41) is 21.3. The van der Waals surface area contributed by atoms with Gasteiger partial charge in [0.15, 0.2) is 11.8 Å². The third-order valence-corrected chi connectivity index (χ3v) is 7.29. The second kappa shape index (κ2) is 11.3. The van der Waals surface area contributed by atoms with E-state index >= 15 is 0 Å². The number of hydrogen-bond donors (Lipinski definition) is 3. The molecule has 0 fully saturated rings. The first-order valence-electron chi connectivity index (χ1n) is 13.5. The molecule has 1 unspecified atom stereocenters. The highest BCUT2D eigenvalue weighted by molar-refractivity contribution is 6.36. The van der Waals surface area contributed by atoms with Crippen LogP contribution in [0, 0.1) is 19.7 Å². The van der Waals surface area contributed by atoms with E-state index in [0.717, 1.165) is 5.56 Å². The Bertz CT molecular complexity index is 1710. The Labute approximate surface area is 247 Å². The molecule has 1 amide bonds. The molecule has 0 radical (unpaired) electrons. The molecule has 2 aromatic carbocycles. The molecule has 4 aromatic rings. The highest BCUT2D eigenvalue weighted by Gasteiger charge is 2.33. The molecule has 3 heterocycles. The van der Waals surface area contributed by atoms with Crippen LogP contribution in [0.25, 0.3) is 16.6 Å². The lowest BCUT2D eigenvalue weighted by molar-refractivity contribution is -0.160. The molecule has 3 N–H and O–H groups in total. The molecule has 11 heteroatoms. The van der Waals surface area contributed by atoms with Crippen LogP contribution in [0.4, 0.5) is 10.1 Å². The molecule has 2 aromatic heterocycles. The summed E-state index contributed by atoms with van der Waals surface area (Å²) in [6.07, 6.45) is 0.333. The lowest BCUT2D eigenvalue weighted by Gasteiger charge is -2.29.